The predicted molar refractivity (Wildman–Crippen MR) is 82.1 cm³/mol. The molecule has 0 fully saturated rings. The Hall–Kier alpha value is -1.79. The molecule has 2 amide bonds. The van der Waals surface area contributed by atoms with Crippen molar-refractivity contribution < 1.29 is 23.9 Å². The Morgan fingerprint density at radius 1 is 1.00 bits per heavy atom. The van der Waals surface area contributed by atoms with Crippen molar-refractivity contribution in [3.8, 4) is 0 Å². The standard InChI is InChI=1S/C15H28N2O5/c1-10(2)11(9-18)17(13(20)22-15(6,7)8)16-12(19)21-14(3,4)5/h9-11H,1-8H3,(H,16,19). The molecule has 7 heteroatoms. The summed E-state index contributed by atoms with van der Waals surface area (Å²) in [6.07, 6.45) is -1.05. The van der Waals surface area contributed by atoms with Gasteiger partial charge in [-0.3, -0.25) is 0 Å². The topological polar surface area (TPSA) is 84.9 Å². The number of ether oxygens (including phenoxy) is 2. The highest BCUT2D eigenvalue weighted by Gasteiger charge is 2.32. The molecule has 1 atom stereocenters. The van der Waals surface area contributed by atoms with E-state index >= 15 is 0 Å². The van der Waals surface area contributed by atoms with Crippen molar-refractivity contribution in [3.05, 3.63) is 0 Å². The van der Waals surface area contributed by atoms with Gasteiger partial charge in [-0.25, -0.2) is 20.0 Å². The Labute approximate surface area is 132 Å². The van der Waals surface area contributed by atoms with Crippen molar-refractivity contribution >= 4 is 18.5 Å². The van der Waals surface area contributed by atoms with Crippen LogP contribution in [0.4, 0.5) is 9.59 Å². The molecule has 0 bridgehead atoms. The maximum Gasteiger partial charge on any atom is 0.429 e. The van der Waals surface area contributed by atoms with Crippen LogP contribution in [-0.4, -0.2) is 40.7 Å². The molecule has 0 rings (SSSR count). The van der Waals surface area contributed by atoms with Crippen molar-refractivity contribution in [2.45, 2.75) is 72.6 Å². The minimum atomic E-state index is -0.859. The minimum Gasteiger partial charge on any atom is -0.443 e. The maximum absolute atomic E-state index is 12.2. The summed E-state index contributed by atoms with van der Waals surface area (Å²) in [6.45, 7) is 13.7. The van der Waals surface area contributed by atoms with Gasteiger partial charge in [-0.05, 0) is 47.5 Å². The summed E-state index contributed by atoms with van der Waals surface area (Å²) < 4.78 is 10.3. The Morgan fingerprint density at radius 2 is 1.45 bits per heavy atom. The number of nitrogens with zero attached hydrogens (tertiary/aromatic N) is 1. The third kappa shape index (κ3) is 7.85. The van der Waals surface area contributed by atoms with Gasteiger partial charge in [0.25, 0.3) is 0 Å². The van der Waals surface area contributed by atoms with Crippen molar-refractivity contribution in [2.24, 2.45) is 5.92 Å². The zero-order chi connectivity index (χ0) is 17.7. The molecule has 1 N–H and O–H groups in total. The van der Waals surface area contributed by atoms with E-state index in [-0.39, 0.29) is 5.92 Å². The lowest BCUT2D eigenvalue weighted by molar-refractivity contribution is -0.115. The quantitative estimate of drug-likeness (QED) is 0.639. The van der Waals surface area contributed by atoms with E-state index < -0.39 is 29.4 Å². The van der Waals surface area contributed by atoms with Crippen LogP contribution < -0.4 is 5.43 Å². The molecule has 0 aromatic rings. The van der Waals surface area contributed by atoms with Gasteiger partial charge in [-0.2, -0.15) is 0 Å². The summed E-state index contributed by atoms with van der Waals surface area (Å²) in [6, 6.07) is -0.859. The van der Waals surface area contributed by atoms with Crippen LogP contribution in [0.3, 0.4) is 0 Å². The van der Waals surface area contributed by atoms with Crippen LogP contribution in [0, 0.1) is 5.92 Å². The minimum absolute atomic E-state index is 0.208. The molecular formula is C15H28N2O5. The van der Waals surface area contributed by atoms with E-state index in [4.69, 9.17) is 9.47 Å². The van der Waals surface area contributed by atoms with Gasteiger partial charge >= 0.3 is 12.2 Å². The first-order valence-electron chi connectivity index (χ1n) is 7.24. The molecule has 128 valence electrons. The molecule has 0 aliphatic rings. The van der Waals surface area contributed by atoms with Gasteiger partial charge < -0.3 is 14.3 Å². The molecule has 0 spiro atoms. The fourth-order valence-electron chi connectivity index (χ4n) is 1.47. The molecular weight excluding hydrogens is 288 g/mol. The Morgan fingerprint density at radius 3 is 1.77 bits per heavy atom. The monoisotopic (exact) mass is 316 g/mol. The molecule has 22 heavy (non-hydrogen) atoms. The van der Waals surface area contributed by atoms with E-state index in [0.717, 1.165) is 5.01 Å². The zero-order valence-corrected chi connectivity index (χ0v) is 14.7. The molecule has 0 heterocycles. The van der Waals surface area contributed by atoms with E-state index in [1.165, 1.54) is 0 Å². The second-order valence-corrected chi connectivity index (χ2v) is 7.33. The van der Waals surface area contributed by atoms with E-state index in [0.29, 0.717) is 6.29 Å². The maximum atomic E-state index is 12.2. The Kier molecular flexibility index (Phi) is 6.86. The molecule has 0 aromatic heterocycles. The highest BCUT2D eigenvalue weighted by Crippen LogP contribution is 2.14. The summed E-state index contributed by atoms with van der Waals surface area (Å²) in [5.74, 6) is -0.208. The molecule has 0 saturated heterocycles. The summed E-state index contributed by atoms with van der Waals surface area (Å²) in [7, 11) is 0. The molecule has 0 aliphatic carbocycles. The normalized spacial score (nSPS) is 13.3. The van der Waals surface area contributed by atoms with E-state index in [2.05, 4.69) is 5.43 Å². The highest BCUT2D eigenvalue weighted by atomic mass is 16.6. The van der Waals surface area contributed by atoms with Gasteiger partial charge in [0.2, 0.25) is 0 Å². The van der Waals surface area contributed by atoms with Gasteiger partial charge in [0.05, 0.1) is 0 Å². The van der Waals surface area contributed by atoms with E-state index in [1.54, 1.807) is 55.4 Å². The largest absolute Gasteiger partial charge is 0.443 e. The number of rotatable bonds is 3. The summed E-state index contributed by atoms with van der Waals surface area (Å²) in [5.41, 5.74) is 0.816. The first-order chi connectivity index (χ1) is 9.76. The number of carbonyl (C=O) groups is 3. The highest BCUT2D eigenvalue weighted by molar-refractivity contribution is 5.78. The van der Waals surface area contributed by atoms with Gasteiger partial charge in [0, 0.05) is 0 Å². The van der Waals surface area contributed by atoms with E-state index in [1.807, 2.05) is 0 Å². The zero-order valence-electron chi connectivity index (χ0n) is 14.7. The number of hydrazine groups is 1. The Balaban J connectivity index is 5.21. The number of aldehydes is 1. The second-order valence-electron chi connectivity index (χ2n) is 7.33. The number of hydrogen-bond donors (Lipinski definition) is 1. The third-order valence-corrected chi connectivity index (χ3v) is 2.32. The second kappa shape index (κ2) is 7.47. The number of carbonyl (C=O) groups excluding carboxylic acids is 3. The molecule has 7 nitrogen and oxygen atoms in total. The van der Waals surface area contributed by atoms with Gasteiger partial charge in [0.1, 0.15) is 23.5 Å². The fourth-order valence-corrected chi connectivity index (χ4v) is 1.47. The molecule has 0 radical (unpaired) electrons. The van der Waals surface area contributed by atoms with Gasteiger partial charge in [-0.1, -0.05) is 13.8 Å². The first-order valence-corrected chi connectivity index (χ1v) is 7.24. The lowest BCUT2D eigenvalue weighted by Gasteiger charge is -2.33. The molecule has 1 unspecified atom stereocenters. The predicted octanol–water partition coefficient (Wildman–Crippen LogP) is 2.89. The van der Waals surface area contributed by atoms with Crippen LogP contribution in [0.15, 0.2) is 0 Å². The summed E-state index contributed by atoms with van der Waals surface area (Å²) >= 11 is 0. The lowest BCUT2D eigenvalue weighted by Crippen LogP contribution is -2.56. The van der Waals surface area contributed by atoms with Crippen molar-refractivity contribution in [1.29, 1.82) is 0 Å². The van der Waals surface area contributed by atoms with Crippen LogP contribution in [0.2, 0.25) is 0 Å². The van der Waals surface area contributed by atoms with Crippen LogP contribution in [-0.2, 0) is 14.3 Å². The smallest absolute Gasteiger partial charge is 0.429 e. The van der Waals surface area contributed by atoms with Crippen LogP contribution in [0.25, 0.3) is 0 Å². The van der Waals surface area contributed by atoms with Gasteiger partial charge in [0.15, 0.2) is 0 Å². The van der Waals surface area contributed by atoms with Gasteiger partial charge in [-0.15, -0.1) is 0 Å². The van der Waals surface area contributed by atoms with Crippen molar-refractivity contribution in [2.75, 3.05) is 0 Å². The van der Waals surface area contributed by atoms with Crippen LogP contribution >= 0.6 is 0 Å². The van der Waals surface area contributed by atoms with Crippen LogP contribution in [0.1, 0.15) is 55.4 Å². The number of nitrogens with one attached hydrogen (secondary N) is 1. The summed E-state index contributed by atoms with van der Waals surface area (Å²) in [5, 5.41) is 0.872. The number of amides is 2. The molecule has 0 saturated carbocycles. The first kappa shape index (κ1) is 20.2. The lowest BCUT2D eigenvalue weighted by atomic mass is 10.1. The average Bonchev–Trinajstić information content (AvgIpc) is 2.22. The summed E-state index contributed by atoms with van der Waals surface area (Å²) in [4.78, 5) is 35.4. The van der Waals surface area contributed by atoms with Crippen molar-refractivity contribution in [1.82, 2.24) is 10.4 Å². The SMILES string of the molecule is CC(C)C(C=O)N(NC(=O)OC(C)(C)C)C(=O)OC(C)(C)C. The number of hydrogen-bond acceptors (Lipinski definition) is 5. The fraction of sp³-hybridized carbons (Fsp3) is 0.800. The van der Waals surface area contributed by atoms with Crippen molar-refractivity contribution in [3.63, 3.8) is 0 Å². The molecule has 0 aliphatic heterocycles. The Bertz CT molecular complexity index is 407. The third-order valence-electron chi connectivity index (χ3n) is 2.32. The molecule has 0 aromatic carbocycles. The average molecular weight is 316 g/mol. The van der Waals surface area contributed by atoms with E-state index in [9.17, 15) is 14.4 Å². The van der Waals surface area contributed by atoms with Crippen LogP contribution in [0.5, 0.6) is 0 Å².